The van der Waals surface area contributed by atoms with E-state index in [1.54, 1.807) is 0 Å². The molecule has 0 unspecified atom stereocenters. The normalized spacial score (nSPS) is 16.9. The fraction of sp³-hybridized carbons (Fsp3) is 0.600. The van der Waals surface area contributed by atoms with Gasteiger partial charge in [0.25, 0.3) is 5.56 Å². The Bertz CT molecular complexity index is 543. The summed E-state index contributed by atoms with van der Waals surface area (Å²) in [6.45, 7) is 0. The summed E-state index contributed by atoms with van der Waals surface area (Å²) in [6, 6.07) is 0.0357. The summed E-state index contributed by atoms with van der Waals surface area (Å²) in [6.07, 6.45) is 5.02. The van der Waals surface area contributed by atoms with Crippen LogP contribution in [0.25, 0.3) is 0 Å². The minimum Gasteiger partial charge on any atom is -0.493 e. The van der Waals surface area contributed by atoms with Crippen molar-refractivity contribution in [2.75, 3.05) is 0 Å². The molecule has 0 bridgehead atoms. The van der Waals surface area contributed by atoms with E-state index in [2.05, 4.69) is 10.2 Å². The van der Waals surface area contributed by atoms with Crippen molar-refractivity contribution in [1.29, 1.82) is 0 Å². The van der Waals surface area contributed by atoms with Gasteiger partial charge in [0.1, 0.15) is 0 Å². The zero-order valence-electron chi connectivity index (χ0n) is 9.18. The van der Waals surface area contributed by atoms with Crippen molar-refractivity contribution in [3.05, 3.63) is 20.0 Å². The van der Waals surface area contributed by atoms with Crippen LogP contribution < -0.4 is 5.56 Å². The molecule has 1 aliphatic rings. The second-order valence-corrected chi connectivity index (χ2v) is 4.57. The molecule has 0 spiro atoms. The number of aromatic nitrogens is 2. The van der Waals surface area contributed by atoms with E-state index in [1.807, 2.05) is 0 Å². The number of rotatable bonds is 2. The smallest absolute Gasteiger partial charge is 0.285 e. The molecule has 1 aliphatic carbocycles. The molecule has 7 heteroatoms. The maximum absolute atomic E-state index is 11.3. The van der Waals surface area contributed by atoms with Crippen molar-refractivity contribution in [2.24, 2.45) is 5.18 Å². The fourth-order valence-corrected chi connectivity index (χ4v) is 2.62. The molecule has 92 valence electrons. The second kappa shape index (κ2) is 4.79. The Morgan fingerprint density at radius 1 is 1.35 bits per heavy atom. The highest BCUT2D eigenvalue weighted by Crippen LogP contribution is 2.33. The summed E-state index contributed by atoms with van der Waals surface area (Å²) in [5.41, 5.74) is -1.24. The van der Waals surface area contributed by atoms with Crippen LogP contribution in [0, 0.1) is 9.68 Å². The molecular formula is C10H13N3O3S. The molecule has 1 fully saturated rings. The van der Waals surface area contributed by atoms with Gasteiger partial charge >= 0.3 is 0 Å². The Kier molecular flexibility index (Phi) is 3.37. The van der Waals surface area contributed by atoms with E-state index in [0.29, 0.717) is 0 Å². The molecule has 0 aliphatic heterocycles. The van der Waals surface area contributed by atoms with Crippen LogP contribution in [0.15, 0.2) is 9.97 Å². The van der Waals surface area contributed by atoms with Gasteiger partial charge in [-0.3, -0.25) is 14.3 Å². The lowest BCUT2D eigenvalue weighted by atomic mass is 9.95. The van der Waals surface area contributed by atoms with Crippen molar-refractivity contribution in [3.63, 3.8) is 0 Å². The third-order valence-electron chi connectivity index (χ3n) is 3.13. The fourth-order valence-electron chi connectivity index (χ4n) is 2.29. The van der Waals surface area contributed by atoms with E-state index in [9.17, 15) is 14.8 Å². The van der Waals surface area contributed by atoms with Gasteiger partial charge in [-0.1, -0.05) is 19.3 Å². The quantitative estimate of drug-likeness (QED) is 0.628. The topological polar surface area (TPSA) is 87.4 Å². The molecule has 0 saturated heterocycles. The Morgan fingerprint density at radius 2 is 2.00 bits per heavy atom. The second-order valence-electron chi connectivity index (χ2n) is 4.18. The highest BCUT2D eigenvalue weighted by molar-refractivity contribution is 7.71. The number of nitrogens with zero attached hydrogens (tertiary/aromatic N) is 2. The van der Waals surface area contributed by atoms with Gasteiger partial charge in [-0.05, 0) is 30.2 Å². The highest BCUT2D eigenvalue weighted by atomic mass is 32.1. The molecule has 0 atom stereocenters. The van der Waals surface area contributed by atoms with Gasteiger partial charge < -0.3 is 5.11 Å². The zero-order valence-corrected chi connectivity index (χ0v) is 10.00. The lowest BCUT2D eigenvalue weighted by Gasteiger charge is -2.25. The first-order valence-corrected chi connectivity index (χ1v) is 5.97. The van der Waals surface area contributed by atoms with E-state index in [1.165, 1.54) is 4.57 Å². The molecule has 1 heterocycles. The maximum atomic E-state index is 11.3. The van der Waals surface area contributed by atoms with Crippen LogP contribution in [0.4, 0.5) is 5.69 Å². The van der Waals surface area contributed by atoms with Gasteiger partial charge in [-0.15, -0.1) is 4.91 Å². The van der Waals surface area contributed by atoms with Crippen LogP contribution in [0.5, 0.6) is 5.88 Å². The monoisotopic (exact) mass is 255 g/mol. The van der Waals surface area contributed by atoms with Gasteiger partial charge in [0.2, 0.25) is 11.6 Å². The SMILES string of the molecule is O=Nc1c(O)n(C2CCCCC2)c(=S)[nH]c1=O. The number of hydrogen-bond acceptors (Lipinski definition) is 5. The van der Waals surface area contributed by atoms with E-state index in [0.717, 1.165) is 32.1 Å². The van der Waals surface area contributed by atoms with Gasteiger partial charge in [-0.25, -0.2) is 0 Å². The first kappa shape index (κ1) is 12.0. The van der Waals surface area contributed by atoms with E-state index in [4.69, 9.17) is 12.2 Å². The molecule has 0 aromatic carbocycles. The molecule has 0 radical (unpaired) electrons. The van der Waals surface area contributed by atoms with Crippen LogP contribution in [-0.2, 0) is 0 Å². The van der Waals surface area contributed by atoms with Gasteiger partial charge in [-0.2, -0.15) is 0 Å². The van der Waals surface area contributed by atoms with Crippen LogP contribution in [0.1, 0.15) is 38.1 Å². The van der Waals surface area contributed by atoms with Crippen LogP contribution in [-0.4, -0.2) is 14.7 Å². The molecule has 1 aromatic heterocycles. The average Bonchev–Trinajstić information content (AvgIpc) is 2.30. The Balaban J connectivity index is 2.56. The molecule has 2 N–H and O–H groups in total. The first-order chi connectivity index (χ1) is 8.15. The summed E-state index contributed by atoms with van der Waals surface area (Å²) in [7, 11) is 0. The van der Waals surface area contributed by atoms with Crippen LogP contribution in [0.3, 0.4) is 0 Å². The molecule has 17 heavy (non-hydrogen) atoms. The van der Waals surface area contributed by atoms with Crippen molar-refractivity contribution < 1.29 is 5.11 Å². The number of hydrogen-bond donors (Lipinski definition) is 2. The first-order valence-electron chi connectivity index (χ1n) is 5.56. The molecule has 0 amide bonds. The number of aromatic amines is 1. The van der Waals surface area contributed by atoms with Crippen molar-refractivity contribution in [2.45, 2.75) is 38.1 Å². The van der Waals surface area contributed by atoms with Crippen LogP contribution in [0.2, 0.25) is 0 Å². The minimum absolute atomic E-state index is 0.0357. The number of H-pyrrole nitrogens is 1. The van der Waals surface area contributed by atoms with Crippen LogP contribution >= 0.6 is 12.2 Å². The summed E-state index contributed by atoms with van der Waals surface area (Å²) in [5.74, 6) is -0.416. The molecule has 6 nitrogen and oxygen atoms in total. The molecular weight excluding hydrogens is 242 g/mol. The van der Waals surface area contributed by atoms with E-state index >= 15 is 0 Å². The standard InChI is InChI=1S/C10H13N3O3S/c14-8-7(12-16)9(15)13(10(17)11-8)6-4-2-1-3-5-6/h6,15H,1-5H2,(H,11,14,17). The maximum Gasteiger partial charge on any atom is 0.285 e. The lowest BCUT2D eigenvalue weighted by Crippen LogP contribution is -2.19. The van der Waals surface area contributed by atoms with Crippen molar-refractivity contribution in [3.8, 4) is 5.88 Å². The highest BCUT2D eigenvalue weighted by Gasteiger charge is 2.21. The third-order valence-corrected chi connectivity index (χ3v) is 3.42. The van der Waals surface area contributed by atoms with Crippen molar-refractivity contribution in [1.82, 2.24) is 9.55 Å². The predicted molar refractivity (Wildman–Crippen MR) is 65.1 cm³/mol. The summed E-state index contributed by atoms with van der Waals surface area (Å²) < 4.78 is 1.58. The van der Waals surface area contributed by atoms with E-state index < -0.39 is 17.1 Å². The summed E-state index contributed by atoms with van der Waals surface area (Å²) in [5, 5.41) is 12.4. The van der Waals surface area contributed by atoms with Gasteiger partial charge in [0.15, 0.2) is 4.77 Å². The molecule has 1 aromatic rings. The Hall–Kier alpha value is -1.50. The number of nitrogens with one attached hydrogen (secondary N) is 1. The van der Waals surface area contributed by atoms with E-state index in [-0.39, 0.29) is 10.8 Å². The minimum atomic E-state index is -0.741. The lowest BCUT2D eigenvalue weighted by molar-refractivity contribution is 0.304. The van der Waals surface area contributed by atoms with Gasteiger partial charge in [0, 0.05) is 6.04 Å². The Morgan fingerprint density at radius 3 is 2.59 bits per heavy atom. The average molecular weight is 255 g/mol. The van der Waals surface area contributed by atoms with Crippen molar-refractivity contribution >= 4 is 17.9 Å². The predicted octanol–water partition coefficient (Wildman–Crippen LogP) is 2.51. The Labute approximate surface area is 102 Å². The van der Waals surface area contributed by atoms with Gasteiger partial charge in [0.05, 0.1) is 0 Å². The zero-order chi connectivity index (χ0) is 12.4. The molecule has 1 saturated carbocycles. The largest absolute Gasteiger partial charge is 0.493 e. The third kappa shape index (κ3) is 2.14. The number of nitroso groups, excluding NO2 is 1. The summed E-state index contributed by atoms with van der Waals surface area (Å²) >= 11 is 5.02. The number of aromatic hydroxyl groups is 1. The molecule has 2 rings (SSSR count). The summed E-state index contributed by atoms with van der Waals surface area (Å²) in [4.78, 5) is 24.2.